The predicted molar refractivity (Wildman–Crippen MR) is 103 cm³/mol. The smallest absolute Gasteiger partial charge is 0.193 e. The number of nitrogens with one attached hydrogen (secondary N) is 1. The molecule has 0 saturated heterocycles. The average Bonchev–Trinajstić information content (AvgIpc) is 2.87. The molecule has 1 aromatic carbocycles. The zero-order chi connectivity index (χ0) is 17.5. The lowest BCUT2D eigenvalue weighted by molar-refractivity contribution is 0.470. The van der Waals surface area contributed by atoms with Gasteiger partial charge in [0, 0.05) is 43.9 Å². The topological polar surface area (TPSA) is 45.5 Å². The standard InChI is InChI=1S/C18H26BrN5/c1-14-12-15(2)24(22-14)11-5-10-21-18(20-3)23(4)13-16-6-8-17(19)9-7-16/h6-9,12H,5,10-11,13H2,1-4H3,(H,20,21). The fourth-order valence-electron chi connectivity index (χ4n) is 2.65. The van der Waals surface area contributed by atoms with E-state index in [1.165, 1.54) is 11.3 Å². The Morgan fingerprint density at radius 1 is 1.29 bits per heavy atom. The maximum atomic E-state index is 4.49. The van der Waals surface area contributed by atoms with Crippen LogP contribution in [0.5, 0.6) is 0 Å². The van der Waals surface area contributed by atoms with Gasteiger partial charge in [-0.25, -0.2) is 0 Å². The van der Waals surface area contributed by atoms with Gasteiger partial charge in [-0.3, -0.25) is 9.67 Å². The third-order valence-corrected chi connectivity index (χ3v) is 4.37. The van der Waals surface area contributed by atoms with E-state index in [2.05, 4.69) is 85.2 Å². The van der Waals surface area contributed by atoms with Gasteiger partial charge < -0.3 is 10.2 Å². The average molecular weight is 392 g/mol. The highest BCUT2D eigenvalue weighted by Gasteiger charge is 2.06. The van der Waals surface area contributed by atoms with E-state index in [1.807, 2.05) is 14.0 Å². The molecule has 130 valence electrons. The van der Waals surface area contributed by atoms with Crippen molar-refractivity contribution in [2.24, 2.45) is 4.99 Å². The molecule has 1 aromatic heterocycles. The molecule has 0 spiro atoms. The third kappa shape index (κ3) is 5.37. The lowest BCUT2D eigenvalue weighted by atomic mass is 10.2. The minimum atomic E-state index is 0.824. The second-order valence-electron chi connectivity index (χ2n) is 5.96. The Morgan fingerprint density at radius 2 is 2.00 bits per heavy atom. The number of guanidine groups is 1. The summed E-state index contributed by atoms with van der Waals surface area (Å²) in [5, 5.41) is 7.91. The van der Waals surface area contributed by atoms with Crippen LogP contribution in [-0.4, -0.2) is 41.3 Å². The van der Waals surface area contributed by atoms with E-state index in [-0.39, 0.29) is 0 Å². The fourth-order valence-corrected chi connectivity index (χ4v) is 2.92. The number of aliphatic imine (C=N–C) groups is 1. The normalized spacial score (nSPS) is 11.6. The molecule has 2 rings (SSSR count). The van der Waals surface area contributed by atoms with Gasteiger partial charge in [0.05, 0.1) is 5.69 Å². The van der Waals surface area contributed by atoms with Crippen LogP contribution < -0.4 is 5.32 Å². The highest BCUT2D eigenvalue weighted by molar-refractivity contribution is 9.10. The Morgan fingerprint density at radius 3 is 2.58 bits per heavy atom. The van der Waals surface area contributed by atoms with Crippen molar-refractivity contribution in [1.82, 2.24) is 20.0 Å². The number of hydrogen-bond acceptors (Lipinski definition) is 2. The summed E-state index contributed by atoms with van der Waals surface area (Å²) >= 11 is 3.47. The van der Waals surface area contributed by atoms with E-state index in [4.69, 9.17) is 0 Å². The van der Waals surface area contributed by atoms with Crippen LogP contribution in [0.4, 0.5) is 0 Å². The van der Waals surface area contributed by atoms with Crippen molar-refractivity contribution in [1.29, 1.82) is 0 Å². The predicted octanol–water partition coefficient (Wildman–Crippen LogP) is 3.36. The van der Waals surface area contributed by atoms with Gasteiger partial charge in [0.1, 0.15) is 0 Å². The molecule has 0 fully saturated rings. The van der Waals surface area contributed by atoms with Crippen LogP contribution in [0.1, 0.15) is 23.4 Å². The van der Waals surface area contributed by atoms with Gasteiger partial charge in [0.25, 0.3) is 0 Å². The minimum absolute atomic E-state index is 0.824. The molecule has 0 bridgehead atoms. The van der Waals surface area contributed by atoms with Gasteiger partial charge in [-0.15, -0.1) is 0 Å². The molecule has 2 aromatic rings. The molecular weight excluding hydrogens is 366 g/mol. The number of benzene rings is 1. The molecule has 1 heterocycles. The Hall–Kier alpha value is -1.82. The SMILES string of the molecule is CN=C(NCCCn1nc(C)cc1C)N(C)Cc1ccc(Br)cc1. The van der Waals surface area contributed by atoms with Crippen molar-refractivity contribution in [2.75, 3.05) is 20.6 Å². The quantitative estimate of drug-likeness (QED) is 0.466. The van der Waals surface area contributed by atoms with Crippen molar-refractivity contribution in [2.45, 2.75) is 33.4 Å². The van der Waals surface area contributed by atoms with Crippen LogP contribution in [0, 0.1) is 13.8 Å². The Labute approximate surface area is 152 Å². The van der Waals surface area contributed by atoms with E-state index < -0.39 is 0 Å². The molecular formula is C18H26BrN5. The zero-order valence-corrected chi connectivity index (χ0v) is 16.5. The summed E-state index contributed by atoms with van der Waals surface area (Å²) in [5.74, 6) is 0.909. The van der Waals surface area contributed by atoms with Crippen molar-refractivity contribution >= 4 is 21.9 Å². The van der Waals surface area contributed by atoms with Crippen molar-refractivity contribution in [3.05, 3.63) is 51.8 Å². The van der Waals surface area contributed by atoms with Crippen molar-refractivity contribution < 1.29 is 0 Å². The highest BCUT2D eigenvalue weighted by Crippen LogP contribution is 2.11. The van der Waals surface area contributed by atoms with Crippen LogP contribution in [0.3, 0.4) is 0 Å². The molecule has 1 N–H and O–H groups in total. The summed E-state index contributed by atoms with van der Waals surface area (Å²) in [4.78, 5) is 6.50. The van der Waals surface area contributed by atoms with E-state index in [9.17, 15) is 0 Å². The van der Waals surface area contributed by atoms with Crippen LogP contribution in [-0.2, 0) is 13.1 Å². The molecule has 0 amide bonds. The first-order chi connectivity index (χ1) is 11.5. The van der Waals surface area contributed by atoms with Gasteiger partial charge in [0.15, 0.2) is 5.96 Å². The zero-order valence-electron chi connectivity index (χ0n) is 14.9. The van der Waals surface area contributed by atoms with Crippen LogP contribution >= 0.6 is 15.9 Å². The Kier molecular flexibility index (Phi) is 6.85. The summed E-state index contributed by atoms with van der Waals surface area (Å²) in [7, 11) is 3.87. The summed E-state index contributed by atoms with van der Waals surface area (Å²) in [6.45, 7) is 6.74. The Bertz CT molecular complexity index is 675. The van der Waals surface area contributed by atoms with E-state index in [0.29, 0.717) is 0 Å². The minimum Gasteiger partial charge on any atom is -0.356 e. The first-order valence-corrected chi connectivity index (χ1v) is 8.96. The molecule has 0 aliphatic carbocycles. The summed E-state index contributed by atoms with van der Waals surface area (Å²) in [5.41, 5.74) is 3.54. The summed E-state index contributed by atoms with van der Waals surface area (Å²) in [6.07, 6.45) is 1.01. The molecule has 0 unspecified atom stereocenters. The fraction of sp³-hybridized carbons (Fsp3) is 0.444. The Balaban J connectivity index is 1.79. The van der Waals surface area contributed by atoms with Gasteiger partial charge in [-0.1, -0.05) is 28.1 Å². The number of halogens is 1. The second-order valence-corrected chi connectivity index (χ2v) is 6.88. The lowest BCUT2D eigenvalue weighted by Gasteiger charge is -2.22. The third-order valence-electron chi connectivity index (χ3n) is 3.84. The lowest BCUT2D eigenvalue weighted by Crippen LogP contribution is -2.39. The maximum Gasteiger partial charge on any atom is 0.193 e. The molecule has 0 atom stereocenters. The second kappa shape index (κ2) is 8.87. The molecule has 0 radical (unpaired) electrons. The van der Waals surface area contributed by atoms with Crippen LogP contribution in [0.15, 0.2) is 39.8 Å². The van der Waals surface area contributed by atoms with E-state index >= 15 is 0 Å². The number of aryl methyl sites for hydroxylation is 3. The van der Waals surface area contributed by atoms with Gasteiger partial charge in [-0.2, -0.15) is 5.10 Å². The van der Waals surface area contributed by atoms with Gasteiger partial charge in [0.2, 0.25) is 0 Å². The molecule has 0 aliphatic rings. The van der Waals surface area contributed by atoms with Gasteiger partial charge >= 0.3 is 0 Å². The van der Waals surface area contributed by atoms with E-state index in [0.717, 1.165) is 42.2 Å². The highest BCUT2D eigenvalue weighted by atomic mass is 79.9. The molecule has 0 aliphatic heterocycles. The molecule has 6 heteroatoms. The molecule has 0 saturated carbocycles. The van der Waals surface area contributed by atoms with Crippen molar-refractivity contribution in [3.63, 3.8) is 0 Å². The first-order valence-electron chi connectivity index (χ1n) is 8.17. The monoisotopic (exact) mass is 391 g/mol. The van der Waals surface area contributed by atoms with Crippen LogP contribution in [0.2, 0.25) is 0 Å². The summed E-state index contributed by atoms with van der Waals surface area (Å²) < 4.78 is 3.16. The van der Waals surface area contributed by atoms with Crippen LogP contribution in [0.25, 0.3) is 0 Å². The number of rotatable bonds is 6. The van der Waals surface area contributed by atoms with Gasteiger partial charge in [-0.05, 0) is 44.0 Å². The number of hydrogen-bond donors (Lipinski definition) is 1. The summed E-state index contributed by atoms with van der Waals surface area (Å²) in [6, 6.07) is 10.5. The van der Waals surface area contributed by atoms with Crippen molar-refractivity contribution in [3.8, 4) is 0 Å². The molecule has 5 nitrogen and oxygen atoms in total. The maximum absolute atomic E-state index is 4.49. The largest absolute Gasteiger partial charge is 0.356 e. The number of aromatic nitrogens is 2. The first kappa shape index (κ1) is 18.5. The van der Waals surface area contributed by atoms with E-state index in [1.54, 1.807) is 0 Å². The number of nitrogens with zero attached hydrogens (tertiary/aromatic N) is 4. The molecule has 24 heavy (non-hydrogen) atoms.